The van der Waals surface area contributed by atoms with Crippen LogP contribution in [0.4, 0.5) is 4.79 Å². The summed E-state index contributed by atoms with van der Waals surface area (Å²) in [4.78, 5) is 36.3. The van der Waals surface area contributed by atoms with Crippen LogP contribution in [0.5, 0.6) is 0 Å². The lowest BCUT2D eigenvalue weighted by molar-refractivity contribution is -0.140. The molecule has 2 aromatic carbocycles. The Bertz CT molecular complexity index is 1030. The van der Waals surface area contributed by atoms with Crippen molar-refractivity contribution in [3.63, 3.8) is 0 Å². The highest BCUT2D eigenvalue weighted by atomic mass is 16.5. The third-order valence-corrected chi connectivity index (χ3v) is 7.30. The Morgan fingerprint density at radius 1 is 1.00 bits per heavy atom. The molecule has 1 atom stereocenters. The van der Waals surface area contributed by atoms with Gasteiger partial charge in [-0.25, -0.2) is 4.79 Å². The van der Waals surface area contributed by atoms with E-state index in [2.05, 4.69) is 34.9 Å². The summed E-state index contributed by atoms with van der Waals surface area (Å²) >= 11 is 0. The second-order valence-corrected chi connectivity index (χ2v) is 9.98. The lowest BCUT2D eigenvalue weighted by Gasteiger charge is -2.36. The maximum atomic E-state index is 12.5. The molecular weight excluding hydrogens is 444 g/mol. The van der Waals surface area contributed by atoms with E-state index < -0.39 is 18.1 Å². The number of carbonyl (C=O) groups is 3. The normalized spacial score (nSPS) is 17.1. The molecule has 0 spiro atoms. The van der Waals surface area contributed by atoms with Gasteiger partial charge in [0.05, 0.1) is 6.42 Å². The zero-order valence-corrected chi connectivity index (χ0v) is 20.2. The minimum atomic E-state index is -0.827. The van der Waals surface area contributed by atoms with Gasteiger partial charge in [-0.3, -0.25) is 9.59 Å². The highest BCUT2D eigenvalue weighted by Gasteiger charge is 2.35. The first-order valence-corrected chi connectivity index (χ1v) is 12.5. The van der Waals surface area contributed by atoms with E-state index in [1.54, 1.807) is 6.92 Å². The number of amides is 2. The highest BCUT2D eigenvalue weighted by molar-refractivity contribution is 5.79. The molecule has 0 bridgehead atoms. The number of aliphatic carboxylic acids is 1. The van der Waals surface area contributed by atoms with Gasteiger partial charge in [-0.2, -0.15) is 0 Å². The lowest BCUT2D eigenvalue weighted by atomic mass is 9.71. The second-order valence-electron chi connectivity index (χ2n) is 9.98. The van der Waals surface area contributed by atoms with Crippen molar-refractivity contribution in [1.29, 1.82) is 0 Å². The molecular formula is C28H34N2O5. The van der Waals surface area contributed by atoms with Gasteiger partial charge in [0, 0.05) is 24.9 Å². The number of ether oxygens (including phenoxy) is 1. The smallest absolute Gasteiger partial charge is 0.407 e. The molecule has 0 aliphatic heterocycles. The molecule has 0 heterocycles. The average molecular weight is 479 g/mol. The van der Waals surface area contributed by atoms with E-state index in [0.29, 0.717) is 6.54 Å². The average Bonchev–Trinajstić information content (AvgIpc) is 3.15. The molecule has 7 nitrogen and oxygen atoms in total. The molecule has 4 rings (SSSR count). The fourth-order valence-electron chi connectivity index (χ4n) is 5.57. The molecule has 2 aliphatic rings. The number of carbonyl (C=O) groups excluding carboxylic acids is 2. The number of alkyl carbamates (subject to hydrolysis) is 1. The summed E-state index contributed by atoms with van der Waals surface area (Å²) in [6, 6.07) is 15.9. The van der Waals surface area contributed by atoms with E-state index in [1.807, 2.05) is 24.3 Å². The quantitative estimate of drug-likeness (QED) is 0.478. The Morgan fingerprint density at radius 2 is 1.60 bits per heavy atom. The first-order valence-electron chi connectivity index (χ1n) is 12.5. The van der Waals surface area contributed by atoms with Gasteiger partial charge < -0.3 is 20.5 Å². The van der Waals surface area contributed by atoms with Gasteiger partial charge in [0.15, 0.2) is 0 Å². The summed E-state index contributed by atoms with van der Waals surface area (Å²) in [6.45, 7) is 2.33. The van der Waals surface area contributed by atoms with Crippen LogP contribution in [-0.4, -0.2) is 42.3 Å². The van der Waals surface area contributed by atoms with Crippen molar-refractivity contribution in [3.8, 4) is 11.1 Å². The van der Waals surface area contributed by atoms with Crippen LogP contribution in [0.1, 0.15) is 68.9 Å². The van der Waals surface area contributed by atoms with Crippen LogP contribution < -0.4 is 10.6 Å². The van der Waals surface area contributed by atoms with Crippen LogP contribution >= 0.6 is 0 Å². The van der Waals surface area contributed by atoms with E-state index >= 15 is 0 Å². The van der Waals surface area contributed by atoms with Crippen molar-refractivity contribution >= 4 is 18.0 Å². The van der Waals surface area contributed by atoms with Crippen LogP contribution in [0.3, 0.4) is 0 Å². The number of fused-ring (bicyclic) bond motifs is 3. The number of hydrogen-bond donors (Lipinski definition) is 3. The van der Waals surface area contributed by atoms with Crippen molar-refractivity contribution in [2.45, 2.75) is 63.8 Å². The van der Waals surface area contributed by atoms with Gasteiger partial charge >= 0.3 is 12.1 Å². The number of nitrogens with one attached hydrogen (secondary N) is 2. The van der Waals surface area contributed by atoms with Crippen molar-refractivity contribution in [2.75, 3.05) is 13.2 Å². The Morgan fingerprint density at radius 3 is 2.20 bits per heavy atom. The maximum absolute atomic E-state index is 12.5. The molecule has 35 heavy (non-hydrogen) atoms. The van der Waals surface area contributed by atoms with Gasteiger partial charge in [0.2, 0.25) is 5.91 Å². The molecule has 1 fully saturated rings. The number of hydrogen-bond acceptors (Lipinski definition) is 4. The summed E-state index contributed by atoms with van der Waals surface area (Å²) in [7, 11) is 0. The first kappa shape index (κ1) is 24.8. The van der Waals surface area contributed by atoms with Gasteiger partial charge in [0.25, 0.3) is 0 Å². The van der Waals surface area contributed by atoms with Crippen LogP contribution in [0.15, 0.2) is 48.5 Å². The molecule has 0 unspecified atom stereocenters. The summed E-state index contributed by atoms with van der Waals surface area (Å²) in [5.74, 6) is -1.05. The fraction of sp³-hybridized carbons (Fsp3) is 0.464. The van der Waals surface area contributed by atoms with Crippen LogP contribution in [0, 0.1) is 5.41 Å². The predicted octanol–water partition coefficient (Wildman–Crippen LogP) is 4.85. The van der Waals surface area contributed by atoms with Gasteiger partial charge in [-0.15, -0.1) is 0 Å². The minimum Gasteiger partial charge on any atom is -0.481 e. The molecule has 1 saturated carbocycles. The summed E-state index contributed by atoms with van der Waals surface area (Å²) in [6.07, 6.45) is 4.33. The zero-order valence-electron chi connectivity index (χ0n) is 20.2. The molecule has 2 amide bonds. The largest absolute Gasteiger partial charge is 0.481 e. The van der Waals surface area contributed by atoms with Crippen LogP contribution in [0.2, 0.25) is 0 Å². The molecule has 0 aromatic heterocycles. The molecule has 2 aliphatic carbocycles. The minimum absolute atomic E-state index is 0.0207. The van der Waals surface area contributed by atoms with E-state index in [9.17, 15) is 19.5 Å². The van der Waals surface area contributed by atoms with Crippen molar-refractivity contribution in [1.82, 2.24) is 10.6 Å². The highest BCUT2D eigenvalue weighted by Crippen LogP contribution is 2.44. The van der Waals surface area contributed by atoms with Crippen molar-refractivity contribution in [3.05, 3.63) is 59.7 Å². The fourth-order valence-corrected chi connectivity index (χ4v) is 5.57. The monoisotopic (exact) mass is 478 g/mol. The van der Waals surface area contributed by atoms with Crippen LogP contribution in [-0.2, 0) is 14.3 Å². The third kappa shape index (κ3) is 6.02. The molecule has 7 heteroatoms. The number of rotatable bonds is 9. The molecule has 3 N–H and O–H groups in total. The predicted molar refractivity (Wildman–Crippen MR) is 133 cm³/mol. The van der Waals surface area contributed by atoms with Crippen LogP contribution in [0.25, 0.3) is 11.1 Å². The van der Waals surface area contributed by atoms with Crippen molar-refractivity contribution in [2.24, 2.45) is 5.41 Å². The zero-order chi connectivity index (χ0) is 24.8. The van der Waals surface area contributed by atoms with Crippen molar-refractivity contribution < 1.29 is 24.2 Å². The summed E-state index contributed by atoms with van der Waals surface area (Å²) in [5.41, 5.74) is 4.25. The topological polar surface area (TPSA) is 105 Å². The Labute approximate surface area is 206 Å². The first-order chi connectivity index (χ1) is 16.9. The molecule has 2 aromatic rings. The van der Waals surface area contributed by atoms with Gasteiger partial charge in [-0.05, 0) is 47.4 Å². The standard InChI is InChI=1S/C28H34N2O5/c1-19(15-25(31)29-18-28(16-26(32)33)13-7-2-8-14-28)30-27(34)35-17-24-22-11-5-3-9-20(22)21-10-4-6-12-23(21)24/h3-6,9-12,19,24H,2,7-8,13-18H2,1H3,(H,29,31)(H,30,34)(H,32,33)/t19-/m0/s1. The number of carboxylic acids is 1. The Balaban J connectivity index is 1.25. The maximum Gasteiger partial charge on any atom is 0.407 e. The Kier molecular flexibility index (Phi) is 7.73. The molecule has 0 saturated heterocycles. The van der Waals surface area contributed by atoms with E-state index in [1.165, 1.54) is 11.1 Å². The summed E-state index contributed by atoms with van der Waals surface area (Å²) in [5, 5.41) is 15.0. The number of benzene rings is 2. The Hall–Kier alpha value is -3.35. The van der Waals surface area contributed by atoms with Gasteiger partial charge in [0.1, 0.15) is 6.61 Å². The molecule has 186 valence electrons. The lowest BCUT2D eigenvalue weighted by Crippen LogP contribution is -2.43. The third-order valence-electron chi connectivity index (χ3n) is 7.30. The number of carboxylic acid groups (broad SMARTS) is 1. The van der Waals surface area contributed by atoms with E-state index in [-0.39, 0.29) is 36.7 Å². The second kappa shape index (κ2) is 10.9. The van der Waals surface area contributed by atoms with Gasteiger partial charge in [-0.1, -0.05) is 67.8 Å². The molecule has 0 radical (unpaired) electrons. The van der Waals surface area contributed by atoms with E-state index in [4.69, 9.17) is 4.74 Å². The summed E-state index contributed by atoms with van der Waals surface area (Å²) < 4.78 is 5.56. The van der Waals surface area contributed by atoms with E-state index in [0.717, 1.165) is 43.2 Å². The SMILES string of the molecule is C[C@@H](CC(=O)NCC1(CC(=O)O)CCCCC1)NC(=O)OCC1c2ccccc2-c2ccccc21.